The maximum absolute atomic E-state index is 13.6. The van der Waals surface area contributed by atoms with Gasteiger partial charge in [0.2, 0.25) is 0 Å². The summed E-state index contributed by atoms with van der Waals surface area (Å²) in [6.45, 7) is 0.765. The molecule has 33 heavy (non-hydrogen) atoms. The summed E-state index contributed by atoms with van der Waals surface area (Å²) in [6.07, 6.45) is -4.12. The maximum atomic E-state index is 13.6. The highest BCUT2D eigenvalue weighted by Crippen LogP contribution is 2.34. The molecule has 1 heterocycles. The summed E-state index contributed by atoms with van der Waals surface area (Å²) in [4.78, 5) is 23.9. The van der Waals surface area contributed by atoms with Gasteiger partial charge in [-0.05, 0) is 43.3 Å². The summed E-state index contributed by atoms with van der Waals surface area (Å²) in [5.74, 6) is -3.94. The second-order valence-electron chi connectivity index (χ2n) is 6.50. The minimum absolute atomic E-state index is 0.0273. The average molecular weight is 469 g/mol. The van der Waals surface area contributed by atoms with Gasteiger partial charge < -0.3 is 14.8 Å². The molecule has 0 aliphatic heterocycles. The van der Waals surface area contributed by atoms with Gasteiger partial charge in [-0.2, -0.15) is 18.3 Å². The molecule has 1 aromatic heterocycles. The number of amides is 1. The Balaban J connectivity index is 1.72. The van der Waals surface area contributed by atoms with E-state index < -0.39 is 47.6 Å². The van der Waals surface area contributed by atoms with Gasteiger partial charge in [-0.3, -0.25) is 4.79 Å². The van der Waals surface area contributed by atoms with E-state index in [0.717, 1.165) is 18.3 Å². The van der Waals surface area contributed by atoms with E-state index in [1.165, 1.54) is 31.2 Å². The van der Waals surface area contributed by atoms with Crippen LogP contribution in [-0.2, 0) is 15.7 Å². The zero-order chi connectivity index (χ0) is 24.2. The van der Waals surface area contributed by atoms with Crippen LogP contribution in [-0.4, -0.2) is 34.9 Å². The van der Waals surface area contributed by atoms with Gasteiger partial charge in [-0.25, -0.2) is 18.3 Å². The lowest BCUT2D eigenvalue weighted by Gasteiger charge is -2.13. The third-order valence-corrected chi connectivity index (χ3v) is 4.18. The first-order valence-corrected chi connectivity index (χ1v) is 9.40. The summed E-state index contributed by atoms with van der Waals surface area (Å²) >= 11 is 0. The van der Waals surface area contributed by atoms with Crippen LogP contribution in [0.5, 0.6) is 5.75 Å². The number of halogens is 5. The number of nitrogens with one attached hydrogen (secondary N) is 1. The molecule has 174 valence electrons. The number of ether oxygens (including phenoxy) is 2. The number of hydrogen-bond acceptors (Lipinski definition) is 5. The van der Waals surface area contributed by atoms with Gasteiger partial charge in [0.1, 0.15) is 11.4 Å². The van der Waals surface area contributed by atoms with Crippen LogP contribution in [0.1, 0.15) is 23.0 Å². The van der Waals surface area contributed by atoms with Crippen molar-refractivity contribution in [3.63, 3.8) is 0 Å². The zero-order valence-corrected chi connectivity index (χ0v) is 17.0. The molecule has 3 aromatic rings. The van der Waals surface area contributed by atoms with Gasteiger partial charge in [0, 0.05) is 11.8 Å². The predicted molar refractivity (Wildman–Crippen MR) is 105 cm³/mol. The summed E-state index contributed by atoms with van der Waals surface area (Å²) < 4.78 is 77.3. The largest absolute Gasteiger partial charge is 0.481 e. The first-order chi connectivity index (χ1) is 15.6. The van der Waals surface area contributed by atoms with E-state index in [-0.39, 0.29) is 23.7 Å². The van der Waals surface area contributed by atoms with Gasteiger partial charge in [0.25, 0.3) is 5.91 Å². The molecule has 1 N–H and O–H groups in total. The Morgan fingerprint density at radius 3 is 2.39 bits per heavy atom. The number of alkyl halides is 3. The Hall–Kier alpha value is -3.96. The quantitative estimate of drug-likeness (QED) is 0.411. The molecule has 0 atom stereocenters. The number of esters is 1. The monoisotopic (exact) mass is 469 g/mol. The molecule has 0 aliphatic carbocycles. The second-order valence-corrected chi connectivity index (χ2v) is 6.50. The number of anilines is 1. The van der Waals surface area contributed by atoms with Gasteiger partial charge >= 0.3 is 12.1 Å². The van der Waals surface area contributed by atoms with Crippen molar-refractivity contribution in [3.05, 3.63) is 71.6 Å². The number of carbonyl (C=O) groups is 2. The Kier molecular flexibility index (Phi) is 6.95. The molecular formula is C21H16F5N3O4. The molecule has 0 fully saturated rings. The molecule has 0 unspecified atom stereocenters. The predicted octanol–water partition coefficient (Wildman–Crippen LogP) is 4.36. The summed E-state index contributed by atoms with van der Waals surface area (Å²) in [7, 11) is 0. The summed E-state index contributed by atoms with van der Waals surface area (Å²) in [5.41, 5.74) is -1.85. The number of benzene rings is 2. The molecule has 2 aromatic carbocycles. The molecule has 1 amide bonds. The fraction of sp³-hybridized carbons (Fsp3) is 0.190. The van der Waals surface area contributed by atoms with Crippen molar-refractivity contribution < 1.29 is 41.0 Å². The van der Waals surface area contributed by atoms with Crippen LogP contribution in [0.25, 0.3) is 5.69 Å². The first kappa shape index (κ1) is 23.7. The van der Waals surface area contributed by atoms with Crippen LogP contribution in [0.15, 0.2) is 48.7 Å². The molecule has 0 saturated heterocycles. The number of aromatic nitrogens is 2. The number of nitrogens with zero attached hydrogens (tertiary/aromatic N) is 2. The molecule has 7 nitrogen and oxygen atoms in total. The minimum Gasteiger partial charge on any atom is -0.481 e. The second kappa shape index (κ2) is 9.67. The molecule has 0 saturated carbocycles. The highest BCUT2D eigenvalue weighted by Gasteiger charge is 2.41. The third kappa shape index (κ3) is 5.64. The van der Waals surface area contributed by atoms with Gasteiger partial charge in [-0.15, -0.1) is 0 Å². The van der Waals surface area contributed by atoms with Crippen molar-refractivity contribution in [3.8, 4) is 11.4 Å². The summed E-state index contributed by atoms with van der Waals surface area (Å²) in [6, 6.07) is 7.69. The van der Waals surface area contributed by atoms with Crippen LogP contribution in [0.4, 0.5) is 27.6 Å². The SMILES string of the molecule is CCOC(=O)c1cnn(-c2ccc(NC(=O)COc3ccc(F)cc3F)cc2)c1C(F)(F)F. The Morgan fingerprint density at radius 2 is 1.79 bits per heavy atom. The number of rotatable bonds is 7. The number of hydrogen-bond donors (Lipinski definition) is 1. The van der Waals surface area contributed by atoms with Crippen molar-refractivity contribution in [1.82, 2.24) is 9.78 Å². The molecular weight excluding hydrogens is 453 g/mol. The lowest BCUT2D eigenvalue weighted by molar-refractivity contribution is -0.143. The minimum atomic E-state index is -4.89. The fourth-order valence-electron chi connectivity index (χ4n) is 2.79. The molecule has 0 radical (unpaired) electrons. The molecule has 0 spiro atoms. The first-order valence-electron chi connectivity index (χ1n) is 9.40. The van der Waals surface area contributed by atoms with E-state index in [1.54, 1.807) is 0 Å². The van der Waals surface area contributed by atoms with Gasteiger partial charge in [-0.1, -0.05) is 0 Å². The van der Waals surface area contributed by atoms with E-state index in [2.05, 4.69) is 15.2 Å². The van der Waals surface area contributed by atoms with Crippen molar-refractivity contribution in [1.29, 1.82) is 0 Å². The molecule has 0 aliphatic rings. The van der Waals surface area contributed by atoms with Crippen LogP contribution < -0.4 is 10.1 Å². The normalized spacial score (nSPS) is 11.2. The average Bonchev–Trinajstić information content (AvgIpc) is 3.20. The third-order valence-electron chi connectivity index (χ3n) is 4.18. The fourth-order valence-corrected chi connectivity index (χ4v) is 2.79. The smallest absolute Gasteiger partial charge is 0.434 e. The lowest BCUT2D eigenvalue weighted by atomic mass is 10.2. The van der Waals surface area contributed by atoms with Crippen LogP contribution in [0.3, 0.4) is 0 Å². The van der Waals surface area contributed by atoms with E-state index in [0.29, 0.717) is 10.7 Å². The van der Waals surface area contributed by atoms with Crippen molar-refractivity contribution in [2.24, 2.45) is 0 Å². The molecule has 0 bridgehead atoms. The standard InChI is InChI=1S/C21H16F5N3O4/c1-2-32-20(31)15-10-27-29(19(15)21(24,25)26)14-6-4-13(5-7-14)28-18(30)11-33-17-8-3-12(22)9-16(17)23/h3-10H,2,11H2,1H3,(H,28,30). The van der Waals surface area contributed by atoms with Crippen molar-refractivity contribution in [2.75, 3.05) is 18.5 Å². The summed E-state index contributed by atoms with van der Waals surface area (Å²) in [5, 5.41) is 6.07. The topological polar surface area (TPSA) is 82.5 Å². The van der Waals surface area contributed by atoms with Gasteiger partial charge in [0.05, 0.1) is 18.5 Å². The molecule has 12 heteroatoms. The van der Waals surface area contributed by atoms with Gasteiger partial charge in [0.15, 0.2) is 23.9 Å². The van der Waals surface area contributed by atoms with Crippen LogP contribution in [0, 0.1) is 11.6 Å². The van der Waals surface area contributed by atoms with Crippen LogP contribution >= 0.6 is 0 Å². The van der Waals surface area contributed by atoms with E-state index in [1.807, 2.05) is 0 Å². The van der Waals surface area contributed by atoms with E-state index in [4.69, 9.17) is 4.74 Å². The number of carbonyl (C=O) groups excluding carboxylic acids is 2. The van der Waals surface area contributed by atoms with E-state index in [9.17, 15) is 31.5 Å². The Morgan fingerprint density at radius 1 is 1.09 bits per heavy atom. The van der Waals surface area contributed by atoms with Crippen LogP contribution in [0.2, 0.25) is 0 Å². The highest BCUT2D eigenvalue weighted by atomic mass is 19.4. The molecule has 3 rings (SSSR count). The lowest BCUT2D eigenvalue weighted by Crippen LogP contribution is -2.20. The maximum Gasteiger partial charge on any atom is 0.434 e. The Bertz CT molecular complexity index is 1160. The highest BCUT2D eigenvalue weighted by molar-refractivity contribution is 5.92. The Labute approximate surface area is 183 Å². The zero-order valence-electron chi connectivity index (χ0n) is 17.0. The van der Waals surface area contributed by atoms with Crippen molar-refractivity contribution >= 4 is 17.6 Å². The van der Waals surface area contributed by atoms with E-state index >= 15 is 0 Å². The van der Waals surface area contributed by atoms with Crippen molar-refractivity contribution in [2.45, 2.75) is 13.1 Å².